The molecule has 7 aromatic carbocycles. The Labute approximate surface area is 290 Å². The van der Waals surface area contributed by atoms with Gasteiger partial charge >= 0.3 is 0 Å². The van der Waals surface area contributed by atoms with Gasteiger partial charge in [-0.05, 0) is 84.9 Å². The highest BCUT2D eigenvalue weighted by molar-refractivity contribution is 6.09. The van der Waals surface area contributed by atoms with Gasteiger partial charge in [-0.3, -0.25) is 17.9 Å². The van der Waals surface area contributed by atoms with Gasteiger partial charge in [-0.1, -0.05) is 78.9 Å². The molecule has 238 valence electrons. The van der Waals surface area contributed by atoms with Crippen LogP contribution in [0.3, 0.4) is 0 Å². The molecule has 0 fully saturated rings. The van der Waals surface area contributed by atoms with Crippen LogP contribution in [-0.2, 0) is 0 Å². The molecule has 0 amide bonds. The van der Waals surface area contributed by atoms with Crippen LogP contribution in [0.25, 0.3) is 94.6 Å². The molecule has 12 rings (SSSR count). The minimum atomic E-state index is 0.872. The molecule has 0 saturated heterocycles. The Kier molecular flexibility index (Phi) is 5.12. The van der Waals surface area contributed by atoms with Crippen molar-refractivity contribution in [3.63, 3.8) is 0 Å². The number of rotatable bonds is 3. The first-order valence-corrected chi connectivity index (χ1v) is 17.2. The van der Waals surface area contributed by atoms with Gasteiger partial charge in [-0.25, -0.2) is 9.97 Å². The SMILES string of the molecule is c1cc(-n2c3ccccc3c3ccccc32)cc(-n2c3ccc(-n4c5ccccc5n5c6ccccc6nc45)cc3n3c4ccccc4nc23)c1. The van der Waals surface area contributed by atoms with Crippen LogP contribution in [0.2, 0.25) is 0 Å². The molecular formula is C44H27N7. The zero-order valence-corrected chi connectivity index (χ0v) is 27.2. The summed E-state index contributed by atoms with van der Waals surface area (Å²) in [5.41, 5.74) is 14.0. The van der Waals surface area contributed by atoms with E-state index in [0.717, 1.165) is 72.8 Å². The fourth-order valence-corrected chi connectivity index (χ4v) is 8.36. The Hall–Kier alpha value is -7.12. The minimum Gasteiger partial charge on any atom is -0.309 e. The zero-order valence-electron chi connectivity index (χ0n) is 27.2. The van der Waals surface area contributed by atoms with E-state index in [9.17, 15) is 0 Å². The molecule has 51 heavy (non-hydrogen) atoms. The fourth-order valence-electron chi connectivity index (χ4n) is 8.36. The molecule has 0 spiro atoms. The smallest absolute Gasteiger partial charge is 0.220 e. The average molecular weight is 654 g/mol. The Morgan fingerprint density at radius 3 is 1.37 bits per heavy atom. The van der Waals surface area contributed by atoms with Crippen LogP contribution in [0.15, 0.2) is 164 Å². The lowest BCUT2D eigenvalue weighted by molar-refractivity contribution is 1.09. The molecule has 0 aliphatic rings. The largest absolute Gasteiger partial charge is 0.309 e. The lowest BCUT2D eigenvalue weighted by Crippen LogP contribution is -1.99. The van der Waals surface area contributed by atoms with E-state index < -0.39 is 0 Å². The van der Waals surface area contributed by atoms with E-state index in [4.69, 9.17) is 9.97 Å². The molecule has 5 aromatic heterocycles. The molecule has 0 N–H and O–H groups in total. The molecule has 7 heteroatoms. The van der Waals surface area contributed by atoms with Gasteiger partial charge in [0.1, 0.15) is 0 Å². The van der Waals surface area contributed by atoms with Crippen molar-refractivity contribution < 1.29 is 0 Å². The zero-order chi connectivity index (χ0) is 33.2. The summed E-state index contributed by atoms with van der Waals surface area (Å²) < 4.78 is 11.5. The van der Waals surface area contributed by atoms with Crippen molar-refractivity contribution in [3.8, 4) is 17.1 Å². The van der Waals surface area contributed by atoms with E-state index in [2.05, 4.69) is 180 Å². The number of para-hydroxylation sites is 8. The Balaban J connectivity index is 1.15. The Bertz CT molecular complexity index is 3330. The van der Waals surface area contributed by atoms with Crippen LogP contribution in [0.1, 0.15) is 0 Å². The summed E-state index contributed by atoms with van der Waals surface area (Å²) in [7, 11) is 0. The summed E-state index contributed by atoms with van der Waals surface area (Å²) in [6.45, 7) is 0. The molecule has 12 aromatic rings. The number of hydrogen-bond donors (Lipinski definition) is 0. The van der Waals surface area contributed by atoms with Crippen molar-refractivity contribution in [1.82, 2.24) is 32.5 Å². The third-order valence-electron chi connectivity index (χ3n) is 10.5. The molecule has 0 bridgehead atoms. The second kappa shape index (κ2) is 9.74. The van der Waals surface area contributed by atoms with E-state index in [1.807, 2.05) is 6.07 Å². The van der Waals surface area contributed by atoms with Crippen LogP contribution < -0.4 is 0 Å². The number of hydrogen-bond acceptors (Lipinski definition) is 2. The summed E-state index contributed by atoms with van der Waals surface area (Å²) in [6, 6.07) is 58.1. The number of imidazole rings is 4. The molecular weight excluding hydrogens is 627 g/mol. The summed E-state index contributed by atoms with van der Waals surface area (Å²) in [5.74, 6) is 1.76. The summed E-state index contributed by atoms with van der Waals surface area (Å²) in [6.07, 6.45) is 0. The lowest BCUT2D eigenvalue weighted by Gasteiger charge is -2.12. The normalized spacial score (nSPS) is 12.3. The van der Waals surface area contributed by atoms with Crippen molar-refractivity contribution >= 4 is 77.5 Å². The predicted molar refractivity (Wildman–Crippen MR) is 207 cm³/mol. The van der Waals surface area contributed by atoms with Gasteiger partial charge in [-0.15, -0.1) is 0 Å². The highest BCUT2D eigenvalue weighted by Crippen LogP contribution is 2.36. The van der Waals surface area contributed by atoms with E-state index in [1.165, 1.54) is 21.8 Å². The van der Waals surface area contributed by atoms with Crippen molar-refractivity contribution in [2.75, 3.05) is 0 Å². The second-order valence-corrected chi connectivity index (χ2v) is 13.2. The van der Waals surface area contributed by atoms with Gasteiger partial charge in [0.05, 0.1) is 66.5 Å². The topological polar surface area (TPSA) is 49.4 Å². The van der Waals surface area contributed by atoms with E-state index in [1.54, 1.807) is 0 Å². The van der Waals surface area contributed by atoms with Crippen molar-refractivity contribution in [3.05, 3.63) is 164 Å². The summed E-state index contributed by atoms with van der Waals surface area (Å²) in [5, 5.41) is 2.49. The number of benzene rings is 7. The van der Waals surface area contributed by atoms with Gasteiger partial charge in [0.15, 0.2) is 0 Å². The van der Waals surface area contributed by atoms with Crippen molar-refractivity contribution in [2.45, 2.75) is 0 Å². The first-order chi connectivity index (χ1) is 25.3. The first kappa shape index (κ1) is 26.8. The molecule has 0 atom stereocenters. The van der Waals surface area contributed by atoms with Gasteiger partial charge in [-0.2, -0.15) is 0 Å². The number of nitrogens with zero attached hydrogens (tertiary/aromatic N) is 7. The van der Waals surface area contributed by atoms with Crippen LogP contribution in [0.5, 0.6) is 0 Å². The lowest BCUT2D eigenvalue weighted by atomic mass is 10.2. The standard InChI is InChI=1S/C44H27N7/c1-5-18-35-31(14-1)32-15-2-6-19-36(32)47(35)28-12-11-13-29(26-28)48-41-25-24-30(27-42(41)51-38-21-8-4-17-34(38)46-44(48)51)49-39-22-9-10-23-40(39)50-37-20-7-3-16-33(37)45-43(49)50/h1-27H. The van der Waals surface area contributed by atoms with Gasteiger partial charge in [0.25, 0.3) is 0 Å². The number of aromatic nitrogens is 7. The Morgan fingerprint density at radius 2 is 0.745 bits per heavy atom. The first-order valence-electron chi connectivity index (χ1n) is 17.2. The van der Waals surface area contributed by atoms with Gasteiger partial charge in [0.2, 0.25) is 11.6 Å². The average Bonchev–Trinajstić information content (AvgIpc) is 3.97. The molecule has 0 aliphatic carbocycles. The molecule has 7 nitrogen and oxygen atoms in total. The highest BCUT2D eigenvalue weighted by atomic mass is 15.2. The van der Waals surface area contributed by atoms with Crippen LogP contribution in [0.4, 0.5) is 0 Å². The fraction of sp³-hybridized carbons (Fsp3) is 0. The maximum atomic E-state index is 5.24. The highest BCUT2D eigenvalue weighted by Gasteiger charge is 2.21. The summed E-state index contributed by atoms with van der Waals surface area (Å²) in [4.78, 5) is 10.4. The van der Waals surface area contributed by atoms with Crippen molar-refractivity contribution in [2.24, 2.45) is 0 Å². The summed E-state index contributed by atoms with van der Waals surface area (Å²) >= 11 is 0. The van der Waals surface area contributed by atoms with Gasteiger partial charge < -0.3 is 4.57 Å². The third kappa shape index (κ3) is 3.51. The number of fused-ring (bicyclic) bond motifs is 13. The predicted octanol–water partition coefficient (Wildman–Crippen LogP) is 10.3. The monoisotopic (exact) mass is 653 g/mol. The molecule has 0 unspecified atom stereocenters. The maximum Gasteiger partial charge on any atom is 0.220 e. The molecule has 0 radical (unpaired) electrons. The van der Waals surface area contributed by atoms with Crippen LogP contribution >= 0.6 is 0 Å². The van der Waals surface area contributed by atoms with Crippen LogP contribution in [-0.4, -0.2) is 32.5 Å². The van der Waals surface area contributed by atoms with E-state index >= 15 is 0 Å². The maximum absolute atomic E-state index is 5.24. The molecule has 0 aliphatic heterocycles. The quantitative estimate of drug-likeness (QED) is 0.191. The Morgan fingerprint density at radius 1 is 0.294 bits per heavy atom. The van der Waals surface area contributed by atoms with E-state index in [-0.39, 0.29) is 0 Å². The second-order valence-electron chi connectivity index (χ2n) is 13.2. The van der Waals surface area contributed by atoms with Crippen LogP contribution in [0, 0.1) is 0 Å². The van der Waals surface area contributed by atoms with E-state index in [0.29, 0.717) is 0 Å². The molecule has 5 heterocycles. The van der Waals surface area contributed by atoms with Gasteiger partial charge in [0, 0.05) is 16.5 Å². The molecule has 0 saturated carbocycles. The van der Waals surface area contributed by atoms with Crippen molar-refractivity contribution in [1.29, 1.82) is 0 Å². The third-order valence-corrected chi connectivity index (χ3v) is 10.5. The minimum absolute atomic E-state index is 0.872.